The summed E-state index contributed by atoms with van der Waals surface area (Å²) in [4.78, 5) is 26.7. The zero-order chi connectivity index (χ0) is 33.1. The van der Waals surface area contributed by atoms with Crippen LogP contribution in [0.1, 0.15) is 105 Å². The number of hydrogen-bond donors (Lipinski definition) is 2. The van der Waals surface area contributed by atoms with Gasteiger partial charge in [-0.3, -0.25) is 4.79 Å². The van der Waals surface area contributed by atoms with Gasteiger partial charge in [0.1, 0.15) is 6.61 Å². The van der Waals surface area contributed by atoms with E-state index in [1.165, 1.54) is 38.5 Å². The lowest BCUT2D eigenvalue weighted by Gasteiger charge is -2.64. The summed E-state index contributed by atoms with van der Waals surface area (Å²) in [6.45, 7) is 14.1. The van der Waals surface area contributed by atoms with Gasteiger partial charge in [-0.25, -0.2) is 4.79 Å². The molecule has 2 spiro atoms. The van der Waals surface area contributed by atoms with Crippen LogP contribution in [-0.2, 0) is 23.7 Å². The van der Waals surface area contributed by atoms with Crippen LogP contribution in [0.5, 0.6) is 0 Å². The van der Waals surface area contributed by atoms with E-state index in [-0.39, 0.29) is 58.8 Å². The van der Waals surface area contributed by atoms with Crippen molar-refractivity contribution in [3.63, 3.8) is 0 Å². The molecule has 9 nitrogen and oxygen atoms in total. The predicted octanol–water partition coefficient (Wildman–Crippen LogP) is 5.53. The van der Waals surface area contributed by atoms with Gasteiger partial charge in [0.05, 0.1) is 37.6 Å². The van der Waals surface area contributed by atoms with Gasteiger partial charge in [0.15, 0.2) is 6.29 Å². The van der Waals surface area contributed by atoms with E-state index in [4.69, 9.17) is 18.9 Å². The molecule has 2 saturated heterocycles. The highest BCUT2D eigenvalue weighted by molar-refractivity contribution is 5.76. The van der Waals surface area contributed by atoms with Crippen molar-refractivity contribution in [3.05, 3.63) is 0 Å². The summed E-state index contributed by atoms with van der Waals surface area (Å²) in [5, 5.41) is 14.9. The summed E-state index contributed by atoms with van der Waals surface area (Å²) in [6.07, 6.45) is 10.5. The highest BCUT2D eigenvalue weighted by Crippen LogP contribution is 2.89. The third-order valence-corrected chi connectivity index (χ3v) is 16.3. The van der Waals surface area contributed by atoms with Crippen molar-refractivity contribution < 1.29 is 33.6 Å². The Morgan fingerprint density at radius 1 is 1.00 bits per heavy atom. The topological polar surface area (TPSA) is 107 Å². The molecular weight excluding hydrogens is 596 g/mol. The van der Waals surface area contributed by atoms with E-state index in [2.05, 4.69) is 39.9 Å². The smallest absolute Gasteiger partial charge is 0.406 e. The first-order valence-electron chi connectivity index (χ1n) is 19.0. The number of carbonyl (C=O) groups excluding carboxylic acids is 2. The Morgan fingerprint density at radius 3 is 2.49 bits per heavy atom. The van der Waals surface area contributed by atoms with Crippen molar-refractivity contribution in [1.29, 1.82) is 0 Å². The van der Waals surface area contributed by atoms with E-state index in [1.807, 2.05) is 4.90 Å². The zero-order valence-electron chi connectivity index (χ0n) is 29.7. The van der Waals surface area contributed by atoms with Crippen molar-refractivity contribution in [2.24, 2.45) is 56.7 Å². The third-order valence-electron chi connectivity index (χ3n) is 16.3. The molecule has 0 radical (unpaired) electrons. The fraction of sp³-hybridized carbons (Fsp3) is 0.947. The Hall–Kier alpha value is -1.42. The Balaban J connectivity index is 0.987. The van der Waals surface area contributed by atoms with Gasteiger partial charge in [0, 0.05) is 25.4 Å². The molecular formula is C38H60N2O7. The van der Waals surface area contributed by atoms with Crippen LogP contribution in [0.15, 0.2) is 0 Å². The third kappa shape index (κ3) is 4.60. The van der Waals surface area contributed by atoms with Gasteiger partial charge >= 0.3 is 6.09 Å². The van der Waals surface area contributed by atoms with Crippen molar-refractivity contribution in [1.82, 2.24) is 10.2 Å². The molecule has 2 N–H and O–H groups in total. The minimum Gasteiger partial charge on any atom is -0.447 e. The second-order valence-electron chi connectivity index (χ2n) is 18.4. The highest BCUT2D eigenvalue weighted by atomic mass is 16.7. The second kappa shape index (κ2) is 11.0. The van der Waals surface area contributed by atoms with Crippen molar-refractivity contribution in [3.8, 4) is 0 Å². The monoisotopic (exact) mass is 656 g/mol. The van der Waals surface area contributed by atoms with Crippen LogP contribution in [0.4, 0.5) is 4.79 Å². The molecule has 6 aliphatic carbocycles. The Morgan fingerprint density at radius 2 is 1.74 bits per heavy atom. The maximum atomic E-state index is 12.9. The lowest BCUT2D eigenvalue weighted by Crippen LogP contribution is -2.60. The first kappa shape index (κ1) is 32.8. The molecule has 2 heterocycles. The van der Waals surface area contributed by atoms with E-state index < -0.39 is 12.2 Å². The predicted molar refractivity (Wildman–Crippen MR) is 175 cm³/mol. The lowest BCUT2D eigenvalue weighted by atomic mass is 9.41. The summed E-state index contributed by atoms with van der Waals surface area (Å²) < 4.78 is 25.1. The van der Waals surface area contributed by atoms with Gasteiger partial charge in [0.2, 0.25) is 5.91 Å². The molecule has 0 aromatic heterocycles. The number of carbonyl (C=O) groups is 2. The van der Waals surface area contributed by atoms with E-state index in [1.54, 1.807) is 7.05 Å². The van der Waals surface area contributed by atoms with Gasteiger partial charge < -0.3 is 34.3 Å². The van der Waals surface area contributed by atoms with Gasteiger partial charge in [-0.05, 0) is 115 Å². The first-order valence-corrected chi connectivity index (χ1v) is 19.0. The van der Waals surface area contributed by atoms with E-state index in [0.29, 0.717) is 61.1 Å². The molecule has 0 aromatic rings. The summed E-state index contributed by atoms with van der Waals surface area (Å²) in [7, 11) is 1.57. The number of nitrogens with one attached hydrogen (secondary N) is 1. The van der Waals surface area contributed by atoms with Crippen molar-refractivity contribution in [2.45, 2.75) is 136 Å². The first-order chi connectivity index (χ1) is 22.3. The van der Waals surface area contributed by atoms with Gasteiger partial charge in [-0.1, -0.05) is 34.6 Å². The van der Waals surface area contributed by atoms with Crippen LogP contribution in [0.25, 0.3) is 0 Å². The van der Waals surface area contributed by atoms with Gasteiger partial charge in [0.25, 0.3) is 0 Å². The summed E-state index contributed by atoms with van der Waals surface area (Å²) in [6, 6.07) is 0. The molecule has 2 amide bonds. The Kier molecular flexibility index (Phi) is 7.70. The normalized spacial score (nSPS) is 51.0. The Labute approximate surface area is 281 Å². The minimum atomic E-state index is -0.527. The number of ether oxygens (including phenoxy) is 4. The molecule has 13 atom stereocenters. The Bertz CT molecular complexity index is 1270. The maximum absolute atomic E-state index is 12.9. The fourth-order valence-corrected chi connectivity index (χ4v) is 13.8. The van der Waals surface area contributed by atoms with Crippen LogP contribution in [0.2, 0.25) is 0 Å². The molecule has 0 bridgehead atoms. The van der Waals surface area contributed by atoms with Gasteiger partial charge in [-0.15, -0.1) is 0 Å². The molecule has 0 aromatic carbocycles. The number of amides is 2. The molecule has 264 valence electrons. The molecule has 9 heteroatoms. The summed E-state index contributed by atoms with van der Waals surface area (Å²) in [5.74, 6) is 2.61. The van der Waals surface area contributed by atoms with Crippen LogP contribution in [-0.4, -0.2) is 86.1 Å². The van der Waals surface area contributed by atoms with E-state index in [9.17, 15) is 14.7 Å². The molecule has 8 aliphatic rings. The number of morpholine rings is 1. The van der Waals surface area contributed by atoms with Crippen molar-refractivity contribution in [2.75, 3.05) is 33.4 Å². The average Bonchev–Trinajstić information content (AvgIpc) is 3.96. The second-order valence-corrected chi connectivity index (χ2v) is 18.4. The van der Waals surface area contributed by atoms with Gasteiger partial charge in [-0.2, -0.15) is 0 Å². The highest BCUT2D eigenvalue weighted by Gasteiger charge is 2.84. The molecule has 8 rings (SSSR count). The number of alkyl carbamates (subject to hydrolysis) is 1. The van der Waals surface area contributed by atoms with E-state index >= 15 is 0 Å². The molecule has 2 aliphatic heterocycles. The van der Waals surface area contributed by atoms with Crippen LogP contribution in [0.3, 0.4) is 0 Å². The molecule has 7 unspecified atom stereocenters. The standard InChI is InChI=1S/C38H60N2O7/c1-22-17-24(20-45-33(43)39-6)46-31-30(22)35(4)13-14-38-21-37(38)12-11-27(34(2,3)25(37)9-10-26(38)36(35,5)32(31)42)47-29-19-40(15-16-44-29)28(41)18-23-7-8-23/h22-27,29-32,42H,7-21H2,1-6H3,(H,39,43)/t22-,24?,25+,26?,27?,29+,30+,31?,32+,35?,36-,37?,38?/m1/s1. The number of nitrogens with zero attached hydrogens (tertiary/aromatic N) is 1. The number of rotatable bonds is 6. The number of aliphatic hydroxyl groups excluding tert-OH is 1. The quantitative estimate of drug-likeness (QED) is 0.388. The lowest BCUT2D eigenvalue weighted by molar-refractivity contribution is -0.248. The fourth-order valence-electron chi connectivity index (χ4n) is 13.8. The van der Waals surface area contributed by atoms with E-state index in [0.717, 1.165) is 25.7 Å². The largest absolute Gasteiger partial charge is 0.447 e. The average molecular weight is 657 g/mol. The van der Waals surface area contributed by atoms with Crippen LogP contribution >= 0.6 is 0 Å². The molecule has 6 saturated carbocycles. The summed E-state index contributed by atoms with van der Waals surface area (Å²) >= 11 is 0. The SMILES string of the molecule is CNC(=O)OCC1C[C@@H](C)[C@H]2C(O1)[C@H](O)[C@@]1(C)C3CC[C@H]4C(C)(C)C(O[C@H]5CN(C(=O)CC6CC6)CCO5)CCC45CC35CCC21C. The molecule has 8 fully saturated rings. The minimum absolute atomic E-state index is 0.00657. The van der Waals surface area contributed by atoms with Crippen LogP contribution in [0, 0.1) is 56.7 Å². The number of hydrogen-bond acceptors (Lipinski definition) is 7. The summed E-state index contributed by atoms with van der Waals surface area (Å²) in [5.41, 5.74) is 0.388. The number of fused-ring (bicyclic) bond motifs is 4. The van der Waals surface area contributed by atoms with Crippen molar-refractivity contribution >= 4 is 12.0 Å². The zero-order valence-corrected chi connectivity index (χ0v) is 29.7. The maximum Gasteiger partial charge on any atom is 0.406 e. The van der Waals surface area contributed by atoms with Crippen LogP contribution < -0.4 is 5.32 Å². The number of aliphatic hydroxyl groups is 1. The molecule has 47 heavy (non-hydrogen) atoms.